The Hall–Kier alpha value is -3.07. The van der Waals surface area contributed by atoms with Gasteiger partial charge in [0.15, 0.2) is 0 Å². The molecule has 0 saturated heterocycles. The molecule has 1 N–H and O–H groups in total. The van der Waals surface area contributed by atoms with E-state index in [9.17, 15) is 18.0 Å². The molecular formula is C31H35Cl2N3O4S. The van der Waals surface area contributed by atoms with Gasteiger partial charge in [0, 0.05) is 24.0 Å². The Kier molecular flexibility index (Phi) is 10.7. The highest BCUT2D eigenvalue weighted by molar-refractivity contribution is 7.92. The smallest absolute Gasteiger partial charge is 0.244 e. The number of benzene rings is 3. The fourth-order valence-corrected chi connectivity index (χ4v) is 6.44. The van der Waals surface area contributed by atoms with Gasteiger partial charge in [-0.2, -0.15) is 0 Å². The van der Waals surface area contributed by atoms with Crippen molar-refractivity contribution in [2.75, 3.05) is 17.1 Å². The van der Waals surface area contributed by atoms with Crippen molar-refractivity contribution in [2.24, 2.45) is 0 Å². The maximum atomic E-state index is 14.2. The summed E-state index contributed by atoms with van der Waals surface area (Å²) in [5.74, 6) is -0.785. The number of hydrogen-bond donors (Lipinski definition) is 1. The molecule has 1 aliphatic rings. The number of anilines is 1. The van der Waals surface area contributed by atoms with Gasteiger partial charge < -0.3 is 10.2 Å². The van der Waals surface area contributed by atoms with E-state index in [1.807, 2.05) is 60.7 Å². The first-order valence-electron chi connectivity index (χ1n) is 13.7. The van der Waals surface area contributed by atoms with E-state index in [1.165, 1.54) is 17.0 Å². The van der Waals surface area contributed by atoms with Crippen molar-refractivity contribution in [3.05, 3.63) is 100 Å². The summed E-state index contributed by atoms with van der Waals surface area (Å²) in [6.07, 6.45) is 6.31. The van der Waals surface area contributed by atoms with Crippen LogP contribution < -0.4 is 9.62 Å². The van der Waals surface area contributed by atoms with Crippen LogP contribution in [0.2, 0.25) is 10.0 Å². The number of nitrogens with zero attached hydrogens (tertiary/aromatic N) is 2. The molecule has 4 rings (SSSR count). The lowest BCUT2D eigenvalue weighted by Gasteiger charge is -2.35. The SMILES string of the molecule is CS(=O)(=O)N(CC(=O)N(Cc1ccccc1)[C@@H](Cc1ccccc1)C(=O)NC1CCCCC1)c1cc(Cl)ccc1Cl. The molecule has 218 valence electrons. The van der Waals surface area contributed by atoms with Gasteiger partial charge in [-0.1, -0.05) is 103 Å². The van der Waals surface area contributed by atoms with E-state index in [1.54, 1.807) is 6.07 Å². The van der Waals surface area contributed by atoms with E-state index in [2.05, 4.69) is 5.32 Å². The fourth-order valence-electron chi connectivity index (χ4n) is 5.15. The van der Waals surface area contributed by atoms with Crippen molar-refractivity contribution in [3.63, 3.8) is 0 Å². The first-order valence-corrected chi connectivity index (χ1v) is 16.3. The summed E-state index contributed by atoms with van der Waals surface area (Å²) in [5.41, 5.74) is 1.80. The van der Waals surface area contributed by atoms with Crippen molar-refractivity contribution in [3.8, 4) is 0 Å². The predicted octanol–water partition coefficient (Wildman–Crippen LogP) is 5.85. The van der Waals surface area contributed by atoms with E-state index >= 15 is 0 Å². The van der Waals surface area contributed by atoms with Gasteiger partial charge in [-0.05, 0) is 42.2 Å². The van der Waals surface area contributed by atoms with E-state index in [4.69, 9.17) is 23.2 Å². The van der Waals surface area contributed by atoms with Crippen LogP contribution in [0.5, 0.6) is 0 Å². The maximum Gasteiger partial charge on any atom is 0.244 e. The molecule has 1 fully saturated rings. The zero-order valence-corrected chi connectivity index (χ0v) is 25.3. The average molecular weight is 617 g/mol. The molecule has 3 aromatic rings. The quantitative estimate of drug-likeness (QED) is 0.293. The molecule has 0 spiro atoms. The number of carbonyl (C=O) groups excluding carboxylic acids is 2. The van der Waals surface area contributed by atoms with Crippen molar-refractivity contribution < 1.29 is 18.0 Å². The van der Waals surface area contributed by atoms with Crippen molar-refractivity contribution in [1.82, 2.24) is 10.2 Å². The second-order valence-electron chi connectivity index (χ2n) is 10.4. The zero-order chi connectivity index (χ0) is 29.4. The molecule has 0 unspecified atom stereocenters. The largest absolute Gasteiger partial charge is 0.352 e. The molecular weight excluding hydrogens is 581 g/mol. The maximum absolute atomic E-state index is 14.2. The molecule has 3 aromatic carbocycles. The van der Waals surface area contributed by atoms with Crippen molar-refractivity contribution >= 4 is 50.7 Å². The normalized spacial score (nSPS) is 14.7. The van der Waals surface area contributed by atoms with E-state index in [0.29, 0.717) is 0 Å². The van der Waals surface area contributed by atoms with Gasteiger partial charge in [0.2, 0.25) is 21.8 Å². The van der Waals surface area contributed by atoms with Crippen LogP contribution in [0.15, 0.2) is 78.9 Å². The van der Waals surface area contributed by atoms with Gasteiger partial charge in [-0.15, -0.1) is 0 Å². The Morgan fingerprint density at radius 2 is 1.51 bits per heavy atom. The molecule has 0 aromatic heterocycles. The van der Waals surface area contributed by atoms with E-state index in [-0.39, 0.29) is 40.6 Å². The third kappa shape index (κ3) is 8.71. The van der Waals surface area contributed by atoms with Crippen LogP contribution in [0, 0.1) is 0 Å². The molecule has 1 atom stereocenters. The van der Waals surface area contributed by atoms with Crippen LogP contribution in [0.25, 0.3) is 0 Å². The second kappa shape index (κ2) is 14.2. The van der Waals surface area contributed by atoms with Crippen molar-refractivity contribution in [2.45, 2.75) is 57.2 Å². The van der Waals surface area contributed by atoms with Gasteiger partial charge in [0.1, 0.15) is 12.6 Å². The summed E-state index contributed by atoms with van der Waals surface area (Å²) in [6.45, 7) is -0.427. The van der Waals surface area contributed by atoms with Crippen LogP contribution >= 0.6 is 23.2 Å². The molecule has 7 nitrogen and oxygen atoms in total. The summed E-state index contributed by atoms with van der Waals surface area (Å²) in [4.78, 5) is 29.6. The summed E-state index contributed by atoms with van der Waals surface area (Å²) in [7, 11) is -3.94. The first kappa shape index (κ1) is 30.9. The molecule has 1 saturated carbocycles. The van der Waals surface area contributed by atoms with Crippen molar-refractivity contribution in [1.29, 1.82) is 0 Å². The van der Waals surface area contributed by atoms with Gasteiger partial charge in [0.25, 0.3) is 0 Å². The average Bonchev–Trinajstić information content (AvgIpc) is 2.96. The summed E-state index contributed by atoms with van der Waals surface area (Å²) >= 11 is 12.5. The van der Waals surface area contributed by atoms with Crippen LogP contribution in [0.1, 0.15) is 43.2 Å². The lowest BCUT2D eigenvalue weighted by atomic mass is 9.94. The molecule has 0 heterocycles. The third-order valence-electron chi connectivity index (χ3n) is 7.27. The second-order valence-corrected chi connectivity index (χ2v) is 13.2. The monoisotopic (exact) mass is 615 g/mol. The van der Waals surface area contributed by atoms with E-state index in [0.717, 1.165) is 53.8 Å². The van der Waals surface area contributed by atoms with Crippen LogP contribution in [0.3, 0.4) is 0 Å². The highest BCUT2D eigenvalue weighted by atomic mass is 35.5. The number of sulfonamides is 1. The minimum atomic E-state index is -3.94. The number of halogens is 2. The molecule has 0 radical (unpaired) electrons. The number of amides is 2. The van der Waals surface area contributed by atoms with E-state index < -0.39 is 28.5 Å². The van der Waals surface area contributed by atoms with Gasteiger partial charge in [-0.3, -0.25) is 13.9 Å². The topological polar surface area (TPSA) is 86.8 Å². The fraction of sp³-hybridized carbons (Fsp3) is 0.355. The molecule has 41 heavy (non-hydrogen) atoms. The van der Waals surface area contributed by atoms with Gasteiger partial charge >= 0.3 is 0 Å². The Labute approximate surface area is 252 Å². The highest BCUT2D eigenvalue weighted by Crippen LogP contribution is 2.31. The number of nitrogens with one attached hydrogen (secondary N) is 1. The highest BCUT2D eigenvalue weighted by Gasteiger charge is 2.34. The Morgan fingerprint density at radius 3 is 2.12 bits per heavy atom. The first-order chi connectivity index (χ1) is 19.6. The minimum Gasteiger partial charge on any atom is -0.352 e. The number of rotatable bonds is 11. The van der Waals surface area contributed by atoms with Gasteiger partial charge in [0.05, 0.1) is 17.0 Å². The van der Waals surface area contributed by atoms with Gasteiger partial charge in [-0.25, -0.2) is 8.42 Å². The Morgan fingerprint density at radius 1 is 0.902 bits per heavy atom. The molecule has 2 amide bonds. The summed E-state index contributed by atoms with van der Waals surface area (Å²) in [6, 6.07) is 22.5. The molecule has 0 bridgehead atoms. The molecule has 0 aliphatic heterocycles. The summed E-state index contributed by atoms with van der Waals surface area (Å²) in [5, 5.41) is 3.60. The summed E-state index contributed by atoms with van der Waals surface area (Å²) < 4.78 is 26.8. The van der Waals surface area contributed by atoms with Crippen LogP contribution in [0.4, 0.5) is 5.69 Å². The third-order valence-corrected chi connectivity index (χ3v) is 8.96. The standard InChI is InChI=1S/C31H35Cl2N3O4S/c1-41(39,40)36(28-20-25(32)17-18-27(28)33)22-30(37)35(21-24-13-7-3-8-14-24)29(19-23-11-5-2-6-12-23)31(38)34-26-15-9-4-10-16-26/h2-3,5-8,11-14,17-18,20,26,29H,4,9-10,15-16,19,21-22H2,1H3,(H,34,38)/t29-/m0/s1. The lowest BCUT2D eigenvalue weighted by Crippen LogP contribution is -2.55. The van der Waals surface area contributed by atoms with Crippen LogP contribution in [-0.2, 0) is 32.6 Å². The lowest BCUT2D eigenvalue weighted by molar-refractivity contribution is -0.140. The Balaban J connectivity index is 1.72. The molecule has 10 heteroatoms. The minimum absolute atomic E-state index is 0.0426. The Bertz CT molecular complexity index is 1430. The predicted molar refractivity (Wildman–Crippen MR) is 165 cm³/mol. The zero-order valence-electron chi connectivity index (χ0n) is 23.0. The number of hydrogen-bond acceptors (Lipinski definition) is 4. The molecule has 1 aliphatic carbocycles. The number of carbonyl (C=O) groups is 2. The van der Waals surface area contributed by atoms with Crippen LogP contribution in [-0.4, -0.2) is 50.0 Å².